The Bertz CT molecular complexity index is 1010. The van der Waals surface area contributed by atoms with Gasteiger partial charge in [0.1, 0.15) is 5.00 Å². The lowest BCUT2D eigenvalue weighted by Gasteiger charge is -2.23. The van der Waals surface area contributed by atoms with Crippen LogP contribution in [0, 0.1) is 13.8 Å². The van der Waals surface area contributed by atoms with Crippen molar-refractivity contribution in [2.24, 2.45) is 0 Å². The summed E-state index contributed by atoms with van der Waals surface area (Å²) in [6, 6.07) is 32.2. The third-order valence-electron chi connectivity index (χ3n) is 4.66. The number of aryl methyl sites for hydroxylation is 2. The smallest absolute Gasteiger partial charge is 0.100 e. The van der Waals surface area contributed by atoms with E-state index < -0.39 is 0 Å². The molecule has 4 aromatic rings. The van der Waals surface area contributed by atoms with Gasteiger partial charge in [-0.3, -0.25) is 0 Å². The molecule has 0 N–H and O–H groups in total. The summed E-state index contributed by atoms with van der Waals surface area (Å²) in [5, 5.41) is 1.21. The van der Waals surface area contributed by atoms with Crippen molar-refractivity contribution in [3.05, 3.63) is 113 Å². The lowest BCUT2D eigenvalue weighted by atomic mass is 10.1. The fraction of sp³-hybridized carbons (Fsp3) is 0.0769. The number of nitrogens with zero attached hydrogens (tertiary/aromatic N) is 1. The quantitative estimate of drug-likeness (QED) is 0.338. The number of rotatable bonds is 5. The van der Waals surface area contributed by atoms with Crippen LogP contribution in [0.3, 0.4) is 0 Å². The van der Waals surface area contributed by atoms with Crippen LogP contribution in [0.5, 0.6) is 0 Å². The topological polar surface area (TPSA) is 3.24 Å². The second-order valence-electron chi connectivity index (χ2n) is 6.93. The van der Waals surface area contributed by atoms with Crippen LogP contribution in [0.4, 0.5) is 16.4 Å². The summed E-state index contributed by atoms with van der Waals surface area (Å²) >= 11 is 1.80. The first-order valence-corrected chi connectivity index (χ1v) is 10.3. The molecule has 4 rings (SSSR count). The molecule has 0 saturated heterocycles. The van der Waals surface area contributed by atoms with Gasteiger partial charge in [0, 0.05) is 16.3 Å². The summed E-state index contributed by atoms with van der Waals surface area (Å²) < 4.78 is 0. The van der Waals surface area contributed by atoms with Crippen LogP contribution >= 0.6 is 11.3 Å². The minimum Gasteiger partial charge on any atom is -0.302 e. The van der Waals surface area contributed by atoms with Gasteiger partial charge < -0.3 is 4.90 Å². The van der Waals surface area contributed by atoms with Crippen LogP contribution < -0.4 is 4.90 Å². The minimum atomic E-state index is 1.18. The van der Waals surface area contributed by atoms with Crippen LogP contribution in [0.1, 0.15) is 21.6 Å². The van der Waals surface area contributed by atoms with E-state index in [9.17, 15) is 0 Å². The summed E-state index contributed by atoms with van der Waals surface area (Å²) in [6.45, 7) is 4.25. The lowest BCUT2D eigenvalue weighted by Crippen LogP contribution is -2.08. The average molecular weight is 382 g/mol. The molecule has 0 aliphatic rings. The molecule has 0 amide bonds. The van der Waals surface area contributed by atoms with Gasteiger partial charge >= 0.3 is 0 Å². The maximum absolute atomic E-state index is 2.32. The predicted molar refractivity (Wildman–Crippen MR) is 124 cm³/mol. The van der Waals surface area contributed by atoms with Gasteiger partial charge in [-0.25, -0.2) is 0 Å². The highest BCUT2D eigenvalue weighted by molar-refractivity contribution is 7.17. The Morgan fingerprint density at radius 1 is 0.607 bits per heavy atom. The summed E-state index contributed by atoms with van der Waals surface area (Å²) in [5.74, 6) is 0. The Kier molecular flexibility index (Phi) is 5.41. The van der Waals surface area contributed by atoms with Crippen molar-refractivity contribution in [2.45, 2.75) is 13.8 Å². The lowest BCUT2D eigenvalue weighted by molar-refractivity contribution is 1.29. The molecule has 1 nitrogen and oxygen atoms in total. The normalized spacial score (nSPS) is 11.1. The zero-order valence-corrected chi connectivity index (χ0v) is 17.0. The molecule has 0 unspecified atom stereocenters. The highest BCUT2D eigenvalue weighted by Gasteiger charge is 2.14. The van der Waals surface area contributed by atoms with E-state index in [-0.39, 0.29) is 0 Å². The molecule has 0 radical (unpaired) electrons. The summed E-state index contributed by atoms with van der Waals surface area (Å²) in [7, 11) is 0. The van der Waals surface area contributed by atoms with Gasteiger partial charge in [-0.05, 0) is 61.9 Å². The zero-order valence-electron chi connectivity index (χ0n) is 16.2. The second kappa shape index (κ2) is 8.28. The molecule has 3 aromatic carbocycles. The van der Waals surface area contributed by atoms with Crippen molar-refractivity contribution in [1.29, 1.82) is 0 Å². The van der Waals surface area contributed by atoms with Gasteiger partial charge in [0.15, 0.2) is 0 Å². The number of anilines is 3. The van der Waals surface area contributed by atoms with E-state index in [1.165, 1.54) is 37.9 Å². The van der Waals surface area contributed by atoms with Crippen molar-refractivity contribution in [1.82, 2.24) is 0 Å². The van der Waals surface area contributed by atoms with E-state index in [0.29, 0.717) is 0 Å². The Balaban J connectivity index is 1.69. The van der Waals surface area contributed by atoms with Crippen LogP contribution in [0.25, 0.3) is 12.2 Å². The maximum Gasteiger partial charge on any atom is 0.100 e. The molecule has 0 spiro atoms. The predicted octanol–water partition coefficient (Wildman–Crippen LogP) is 8.01. The van der Waals surface area contributed by atoms with E-state index in [1.807, 2.05) is 6.07 Å². The molecule has 28 heavy (non-hydrogen) atoms. The van der Waals surface area contributed by atoms with Crippen LogP contribution in [0.15, 0.2) is 91.0 Å². The average Bonchev–Trinajstić information content (AvgIpc) is 3.19. The zero-order chi connectivity index (χ0) is 19.3. The van der Waals surface area contributed by atoms with Crippen molar-refractivity contribution in [3.63, 3.8) is 0 Å². The van der Waals surface area contributed by atoms with Crippen molar-refractivity contribution in [2.75, 3.05) is 4.90 Å². The molecule has 0 bridgehead atoms. The molecule has 0 atom stereocenters. The first-order chi connectivity index (χ1) is 13.7. The monoisotopic (exact) mass is 381 g/mol. The Morgan fingerprint density at radius 3 is 1.75 bits per heavy atom. The molecule has 1 aromatic heterocycles. The standard InChI is InChI=1S/C26H23NS/c1-20-8-13-23(14-9-20)27(24-15-10-21(2)11-16-24)26-19-18-25(28-26)17-12-22-6-4-3-5-7-22/h3-19H,1-2H3. The van der Waals surface area contributed by atoms with E-state index in [0.717, 1.165) is 0 Å². The van der Waals surface area contributed by atoms with Gasteiger partial charge in [0.2, 0.25) is 0 Å². The second-order valence-corrected chi connectivity index (χ2v) is 8.02. The van der Waals surface area contributed by atoms with Crippen LogP contribution in [-0.4, -0.2) is 0 Å². The SMILES string of the molecule is Cc1ccc(N(c2ccc(C)cc2)c2ccc(C=Cc3ccccc3)s2)cc1. The van der Waals surface area contributed by atoms with E-state index in [2.05, 4.69) is 116 Å². The van der Waals surface area contributed by atoms with E-state index in [4.69, 9.17) is 0 Å². The van der Waals surface area contributed by atoms with E-state index >= 15 is 0 Å². The number of benzene rings is 3. The molecule has 0 aliphatic heterocycles. The highest BCUT2D eigenvalue weighted by Crippen LogP contribution is 2.39. The van der Waals surface area contributed by atoms with Crippen LogP contribution in [-0.2, 0) is 0 Å². The molecule has 1 heterocycles. The molecule has 0 saturated carbocycles. The first-order valence-electron chi connectivity index (χ1n) is 9.45. The highest BCUT2D eigenvalue weighted by atomic mass is 32.1. The third-order valence-corrected chi connectivity index (χ3v) is 5.69. The van der Waals surface area contributed by atoms with Gasteiger partial charge in [-0.15, -0.1) is 11.3 Å². The molecular weight excluding hydrogens is 358 g/mol. The van der Waals surface area contributed by atoms with Crippen molar-refractivity contribution >= 4 is 39.9 Å². The minimum absolute atomic E-state index is 1.18. The number of hydrogen-bond donors (Lipinski definition) is 0. The number of thiophene rings is 1. The van der Waals surface area contributed by atoms with Gasteiger partial charge in [-0.1, -0.05) is 71.8 Å². The maximum atomic E-state index is 2.32. The first kappa shape index (κ1) is 18.3. The molecule has 0 fully saturated rings. The molecule has 0 aliphatic carbocycles. The molecule has 138 valence electrons. The molecule has 2 heteroatoms. The fourth-order valence-corrected chi connectivity index (χ4v) is 4.04. The largest absolute Gasteiger partial charge is 0.302 e. The van der Waals surface area contributed by atoms with E-state index in [1.54, 1.807) is 11.3 Å². The summed E-state index contributed by atoms with van der Waals surface area (Å²) in [6.07, 6.45) is 4.35. The van der Waals surface area contributed by atoms with Gasteiger partial charge in [0.25, 0.3) is 0 Å². The Morgan fingerprint density at radius 2 is 1.18 bits per heavy atom. The van der Waals surface area contributed by atoms with Crippen LogP contribution in [0.2, 0.25) is 0 Å². The van der Waals surface area contributed by atoms with Gasteiger partial charge in [-0.2, -0.15) is 0 Å². The van der Waals surface area contributed by atoms with Crippen molar-refractivity contribution in [3.8, 4) is 0 Å². The molecular formula is C26H23NS. The summed E-state index contributed by atoms with van der Waals surface area (Å²) in [5.41, 5.74) is 6.10. The van der Waals surface area contributed by atoms with Crippen molar-refractivity contribution < 1.29 is 0 Å². The number of hydrogen-bond acceptors (Lipinski definition) is 2. The summed E-state index contributed by atoms with van der Waals surface area (Å²) in [4.78, 5) is 3.56. The Labute approximate surface area is 171 Å². The fourth-order valence-electron chi connectivity index (χ4n) is 3.09. The third kappa shape index (κ3) is 4.24. The van der Waals surface area contributed by atoms with Gasteiger partial charge in [0.05, 0.1) is 0 Å². The Hall–Kier alpha value is -3.10.